The van der Waals surface area contributed by atoms with Crippen LogP contribution in [0.3, 0.4) is 0 Å². The largest absolute Gasteiger partial charge is 0.395 e. The van der Waals surface area contributed by atoms with E-state index in [1.54, 1.807) is 6.20 Å². The van der Waals surface area contributed by atoms with Crippen LogP contribution in [0, 0.1) is 0 Å². The van der Waals surface area contributed by atoms with Gasteiger partial charge in [-0.15, -0.1) is 0 Å². The van der Waals surface area contributed by atoms with E-state index in [0.29, 0.717) is 6.54 Å². The molecule has 0 aliphatic carbocycles. The number of hydrogen-bond acceptors (Lipinski definition) is 3. The summed E-state index contributed by atoms with van der Waals surface area (Å²) in [6.45, 7) is 0.482. The van der Waals surface area contributed by atoms with Gasteiger partial charge in [0.1, 0.15) is 5.82 Å². The Balaban J connectivity index is 2.18. The Morgan fingerprint density at radius 3 is 2.58 bits per heavy atom. The standard InChI is InChI=1S/C15H21N3O/c1-18-10-9-17-14(18)7-8-15(11-16,12-19)13-5-3-2-4-6-13/h2-6,9-10,19H,7-8,11-12,16H2,1H3. The van der Waals surface area contributed by atoms with Crippen LogP contribution < -0.4 is 5.73 Å². The molecule has 4 nitrogen and oxygen atoms in total. The Kier molecular flexibility index (Phi) is 4.35. The maximum atomic E-state index is 9.82. The molecule has 1 aromatic heterocycles. The van der Waals surface area contributed by atoms with Gasteiger partial charge in [0.2, 0.25) is 0 Å². The minimum absolute atomic E-state index is 0.0535. The quantitative estimate of drug-likeness (QED) is 0.820. The number of aromatic nitrogens is 2. The second-order valence-corrected chi connectivity index (χ2v) is 4.96. The van der Waals surface area contributed by atoms with Crippen LogP contribution in [0.25, 0.3) is 0 Å². The Morgan fingerprint density at radius 1 is 1.32 bits per heavy atom. The lowest BCUT2D eigenvalue weighted by atomic mass is 9.77. The van der Waals surface area contributed by atoms with Crippen molar-refractivity contribution < 1.29 is 5.11 Å². The predicted octanol–water partition coefficient (Wildman–Crippen LogP) is 1.24. The summed E-state index contributed by atoms with van der Waals surface area (Å²) in [5, 5.41) is 9.82. The van der Waals surface area contributed by atoms with E-state index in [1.807, 2.05) is 48.1 Å². The van der Waals surface area contributed by atoms with E-state index in [1.165, 1.54) is 0 Å². The maximum absolute atomic E-state index is 9.82. The van der Waals surface area contributed by atoms with E-state index >= 15 is 0 Å². The molecule has 1 unspecified atom stereocenters. The summed E-state index contributed by atoms with van der Waals surface area (Å²) in [6.07, 6.45) is 5.31. The number of imidazole rings is 1. The van der Waals surface area contributed by atoms with Crippen LogP contribution in [0.15, 0.2) is 42.7 Å². The Morgan fingerprint density at radius 2 is 2.05 bits per heavy atom. The molecule has 2 rings (SSSR count). The van der Waals surface area contributed by atoms with Crippen molar-refractivity contribution in [1.29, 1.82) is 0 Å². The lowest BCUT2D eigenvalue weighted by Gasteiger charge is -2.31. The molecule has 0 saturated heterocycles. The monoisotopic (exact) mass is 259 g/mol. The molecule has 0 aliphatic rings. The topological polar surface area (TPSA) is 64.1 Å². The van der Waals surface area contributed by atoms with Gasteiger partial charge < -0.3 is 15.4 Å². The van der Waals surface area contributed by atoms with Gasteiger partial charge in [-0.2, -0.15) is 0 Å². The number of nitrogens with zero attached hydrogens (tertiary/aromatic N) is 2. The van der Waals surface area contributed by atoms with Crippen molar-refractivity contribution in [3.63, 3.8) is 0 Å². The Bertz CT molecular complexity index is 503. The van der Waals surface area contributed by atoms with Crippen molar-refractivity contribution >= 4 is 0 Å². The minimum Gasteiger partial charge on any atom is -0.395 e. The summed E-state index contributed by atoms with van der Waals surface area (Å²) in [6, 6.07) is 10.00. The number of rotatable bonds is 6. The van der Waals surface area contributed by atoms with Crippen molar-refractivity contribution in [2.24, 2.45) is 12.8 Å². The van der Waals surface area contributed by atoms with Crippen LogP contribution in [0.4, 0.5) is 0 Å². The summed E-state index contributed by atoms with van der Waals surface area (Å²) in [5.41, 5.74) is 6.65. The van der Waals surface area contributed by atoms with Crippen LogP contribution in [-0.4, -0.2) is 27.8 Å². The maximum Gasteiger partial charge on any atom is 0.108 e. The predicted molar refractivity (Wildman–Crippen MR) is 75.8 cm³/mol. The second kappa shape index (κ2) is 5.99. The molecule has 0 radical (unpaired) electrons. The highest BCUT2D eigenvalue weighted by molar-refractivity contribution is 5.26. The lowest BCUT2D eigenvalue weighted by Crippen LogP contribution is -2.39. The molecule has 1 heterocycles. The van der Waals surface area contributed by atoms with Gasteiger partial charge in [0, 0.05) is 37.8 Å². The van der Waals surface area contributed by atoms with Crippen LogP contribution in [0.2, 0.25) is 0 Å². The van der Waals surface area contributed by atoms with Crippen LogP contribution in [0.5, 0.6) is 0 Å². The fourth-order valence-electron chi connectivity index (χ4n) is 2.38. The molecule has 102 valence electrons. The number of aliphatic hydroxyl groups is 1. The van der Waals surface area contributed by atoms with Crippen molar-refractivity contribution in [2.45, 2.75) is 18.3 Å². The van der Waals surface area contributed by atoms with Gasteiger partial charge in [-0.05, 0) is 12.0 Å². The Hall–Kier alpha value is -1.65. The van der Waals surface area contributed by atoms with Crippen LogP contribution in [-0.2, 0) is 18.9 Å². The third-order valence-corrected chi connectivity index (χ3v) is 3.83. The van der Waals surface area contributed by atoms with Crippen molar-refractivity contribution in [1.82, 2.24) is 9.55 Å². The van der Waals surface area contributed by atoms with Crippen molar-refractivity contribution in [3.8, 4) is 0 Å². The lowest BCUT2D eigenvalue weighted by molar-refractivity contribution is 0.187. The molecule has 1 atom stereocenters. The first kappa shape index (κ1) is 13.8. The first-order chi connectivity index (χ1) is 9.22. The van der Waals surface area contributed by atoms with Gasteiger partial charge in [-0.25, -0.2) is 4.98 Å². The zero-order chi connectivity index (χ0) is 13.7. The molecule has 0 aliphatic heterocycles. The fraction of sp³-hybridized carbons (Fsp3) is 0.400. The molecule has 3 N–H and O–H groups in total. The molecule has 0 saturated carbocycles. The Labute approximate surface area is 113 Å². The van der Waals surface area contributed by atoms with Crippen LogP contribution in [0.1, 0.15) is 17.8 Å². The normalized spacial score (nSPS) is 14.3. The molecular formula is C15H21N3O. The average Bonchev–Trinajstić information content (AvgIpc) is 2.87. The third kappa shape index (κ3) is 2.85. The molecule has 1 aromatic carbocycles. The summed E-state index contributed by atoms with van der Waals surface area (Å²) in [7, 11) is 1.98. The number of aliphatic hydroxyl groups excluding tert-OH is 1. The van der Waals surface area contributed by atoms with E-state index in [9.17, 15) is 5.11 Å². The zero-order valence-corrected chi connectivity index (χ0v) is 11.3. The van der Waals surface area contributed by atoms with Crippen molar-refractivity contribution in [3.05, 3.63) is 54.1 Å². The summed E-state index contributed by atoms with van der Waals surface area (Å²) in [4.78, 5) is 4.32. The molecule has 19 heavy (non-hydrogen) atoms. The highest BCUT2D eigenvalue weighted by Gasteiger charge is 2.30. The smallest absolute Gasteiger partial charge is 0.108 e. The highest BCUT2D eigenvalue weighted by Crippen LogP contribution is 2.28. The molecular weight excluding hydrogens is 238 g/mol. The molecule has 0 bridgehead atoms. The molecule has 4 heteroatoms. The molecule has 0 fully saturated rings. The molecule has 2 aromatic rings. The van der Waals surface area contributed by atoms with Gasteiger partial charge in [-0.1, -0.05) is 30.3 Å². The SMILES string of the molecule is Cn1ccnc1CCC(CN)(CO)c1ccccc1. The summed E-state index contributed by atoms with van der Waals surface area (Å²) in [5.74, 6) is 1.02. The van der Waals surface area contributed by atoms with E-state index in [0.717, 1.165) is 24.2 Å². The first-order valence-electron chi connectivity index (χ1n) is 6.54. The van der Waals surface area contributed by atoms with Crippen molar-refractivity contribution in [2.75, 3.05) is 13.2 Å². The first-order valence-corrected chi connectivity index (χ1v) is 6.54. The summed E-state index contributed by atoms with van der Waals surface area (Å²) >= 11 is 0. The van der Waals surface area contributed by atoms with E-state index in [-0.39, 0.29) is 12.0 Å². The molecule has 0 amide bonds. The zero-order valence-electron chi connectivity index (χ0n) is 11.3. The van der Waals surface area contributed by atoms with Crippen LogP contribution >= 0.6 is 0 Å². The van der Waals surface area contributed by atoms with E-state index in [2.05, 4.69) is 4.98 Å². The van der Waals surface area contributed by atoms with Gasteiger partial charge in [-0.3, -0.25) is 0 Å². The number of hydrogen-bond donors (Lipinski definition) is 2. The van der Waals surface area contributed by atoms with Gasteiger partial charge in [0.15, 0.2) is 0 Å². The van der Waals surface area contributed by atoms with Gasteiger partial charge >= 0.3 is 0 Å². The van der Waals surface area contributed by atoms with Gasteiger partial charge in [0.25, 0.3) is 0 Å². The number of benzene rings is 1. The fourth-order valence-corrected chi connectivity index (χ4v) is 2.38. The van der Waals surface area contributed by atoms with E-state index < -0.39 is 0 Å². The summed E-state index contributed by atoms with van der Waals surface area (Å²) < 4.78 is 2.00. The highest BCUT2D eigenvalue weighted by atomic mass is 16.3. The minimum atomic E-state index is -0.382. The molecule has 0 spiro atoms. The van der Waals surface area contributed by atoms with E-state index in [4.69, 9.17) is 5.73 Å². The third-order valence-electron chi connectivity index (χ3n) is 3.83. The number of nitrogens with two attached hydrogens (primary N) is 1. The number of aryl methyl sites for hydroxylation is 2. The van der Waals surface area contributed by atoms with Gasteiger partial charge in [0.05, 0.1) is 6.61 Å². The second-order valence-electron chi connectivity index (χ2n) is 4.96. The average molecular weight is 259 g/mol.